The van der Waals surface area contributed by atoms with Crippen LogP contribution in [-0.4, -0.2) is 19.2 Å². The number of hydrogen-bond acceptors (Lipinski definition) is 2. The molecular weight excluding hydrogens is 200 g/mol. The highest BCUT2D eigenvalue weighted by Gasteiger charge is 2.14. The van der Waals surface area contributed by atoms with Gasteiger partial charge in [-0.2, -0.15) is 0 Å². The van der Waals surface area contributed by atoms with Gasteiger partial charge in [0.25, 0.3) is 0 Å². The van der Waals surface area contributed by atoms with Crippen molar-refractivity contribution < 1.29 is 13.5 Å². The van der Waals surface area contributed by atoms with Gasteiger partial charge in [-0.15, -0.1) is 0 Å². The molecule has 4 heteroatoms. The van der Waals surface area contributed by atoms with Crippen LogP contribution in [0.15, 0.2) is 18.2 Å². The second-order valence-electron chi connectivity index (χ2n) is 3.66. The smallest absolute Gasteiger partial charge is 0.162 e. The molecule has 1 atom stereocenters. The summed E-state index contributed by atoms with van der Waals surface area (Å²) in [5.41, 5.74) is 0. The molecule has 0 aliphatic carbocycles. The summed E-state index contributed by atoms with van der Waals surface area (Å²) in [4.78, 5) is 0. The van der Waals surface area contributed by atoms with E-state index < -0.39 is 11.6 Å². The van der Waals surface area contributed by atoms with Crippen molar-refractivity contribution in [3.05, 3.63) is 29.8 Å². The third-order valence-electron chi connectivity index (χ3n) is 2.45. The van der Waals surface area contributed by atoms with Crippen molar-refractivity contribution in [2.45, 2.75) is 18.9 Å². The van der Waals surface area contributed by atoms with Crippen molar-refractivity contribution in [1.82, 2.24) is 5.32 Å². The van der Waals surface area contributed by atoms with Gasteiger partial charge in [0.1, 0.15) is 11.9 Å². The minimum atomic E-state index is -0.865. The van der Waals surface area contributed by atoms with Crippen LogP contribution in [0.2, 0.25) is 0 Å². The molecular formula is C11H13F2NO. The Bertz CT molecular complexity index is 337. The van der Waals surface area contributed by atoms with Gasteiger partial charge in [0, 0.05) is 12.6 Å². The molecule has 0 aromatic heterocycles. The highest BCUT2D eigenvalue weighted by atomic mass is 19.2. The third kappa shape index (κ3) is 2.65. The SMILES string of the molecule is Fc1ccc(O[C@H]2CCCNC2)cc1F. The van der Waals surface area contributed by atoms with Crippen LogP contribution in [-0.2, 0) is 0 Å². The molecule has 0 spiro atoms. The van der Waals surface area contributed by atoms with E-state index in [-0.39, 0.29) is 6.10 Å². The summed E-state index contributed by atoms with van der Waals surface area (Å²) >= 11 is 0. The van der Waals surface area contributed by atoms with Gasteiger partial charge >= 0.3 is 0 Å². The van der Waals surface area contributed by atoms with Crippen molar-refractivity contribution >= 4 is 0 Å². The van der Waals surface area contributed by atoms with E-state index >= 15 is 0 Å². The summed E-state index contributed by atoms with van der Waals surface area (Å²) in [6.07, 6.45) is 2.06. The molecule has 2 nitrogen and oxygen atoms in total. The molecule has 15 heavy (non-hydrogen) atoms. The van der Waals surface area contributed by atoms with Gasteiger partial charge in [-0.25, -0.2) is 8.78 Å². The zero-order valence-corrected chi connectivity index (χ0v) is 8.30. The fourth-order valence-electron chi connectivity index (χ4n) is 1.66. The number of hydrogen-bond donors (Lipinski definition) is 1. The maximum atomic E-state index is 12.9. The predicted molar refractivity (Wildman–Crippen MR) is 52.9 cm³/mol. The van der Waals surface area contributed by atoms with Crippen LogP contribution in [0, 0.1) is 11.6 Å². The first-order chi connectivity index (χ1) is 7.25. The van der Waals surface area contributed by atoms with E-state index in [1.165, 1.54) is 6.07 Å². The lowest BCUT2D eigenvalue weighted by atomic mass is 10.1. The van der Waals surface area contributed by atoms with Gasteiger partial charge in [-0.05, 0) is 31.5 Å². The molecule has 1 N–H and O–H groups in total. The maximum Gasteiger partial charge on any atom is 0.162 e. The molecule has 1 saturated heterocycles. The Labute approximate surface area is 87.2 Å². The molecule has 82 valence electrons. The molecule has 1 heterocycles. The molecule has 0 radical (unpaired) electrons. The standard InChI is InChI=1S/C11H13F2NO/c12-10-4-3-8(6-11(10)13)15-9-2-1-5-14-7-9/h3-4,6,9,14H,1-2,5,7H2/t9-/m0/s1. The minimum absolute atomic E-state index is 0.0589. The zero-order chi connectivity index (χ0) is 10.7. The lowest BCUT2D eigenvalue weighted by Crippen LogP contribution is -2.37. The number of nitrogens with one attached hydrogen (secondary N) is 1. The van der Waals surface area contributed by atoms with E-state index in [1.54, 1.807) is 0 Å². The van der Waals surface area contributed by atoms with Crippen LogP contribution in [0.25, 0.3) is 0 Å². The second kappa shape index (κ2) is 4.57. The molecule has 0 saturated carbocycles. The van der Waals surface area contributed by atoms with Crippen LogP contribution in [0.1, 0.15) is 12.8 Å². The van der Waals surface area contributed by atoms with Crippen molar-refractivity contribution in [3.8, 4) is 5.75 Å². The van der Waals surface area contributed by atoms with Gasteiger partial charge in [-0.3, -0.25) is 0 Å². The van der Waals surface area contributed by atoms with Gasteiger partial charge in [0.2, 0.25) is 0 Å². The summed E-state index contributed by atoms with van der Waals surface area (Å²) in [6.45, 7) is 1.76. The van der Waals surface area contributed by atoms with Crippen molar-refractivity contribution in [2.75, 3.05) is 13.1 Å². The number of piperidine rings is 1. The fourth-order valence-corrected chi connectivity index (χ4v) is 1.66. The van der Waals surface area contributed by atoms with Crippen LogP contribution < -0.4 is 10.1 Å². The van der Waals surface area contributed by atoms with E-state index in [0.29, 0.717) is 5.75 Å². The average molecular weight is 213 g/mol. The second-order valence-corrected chi connectivity index (χ2v) is 3.66. The lowest BCUT2D eigenvalue weighted by Gasteiger charge is -2.23. The summed E-state index contributed by atoms with van der Waals surface area (Å²) in [7, 11) is 0. The summed E-state index contributed by atoms with van der Waals surface area (Å²) in [6, 6.07) is 3.62. The number of ether oxygens (including phenoxy) is 1. The molecule has 1 fully saturated rings. The summed E-state index contributed by atoms with van der Waals surface area (Å²) < 4.78 is 31.0. The highest BCUT2D eigenvalue weighted by molar-refractivity contribution is 5.23. The Balaban J connectivity index is 2.00. The van der Waals surface area contributed by atoms with Gasteiger partial charge in [0.15, 0.2) is 11.6 Å². The topological polar surface area (TPSA) is 21.3 Å². The van der Waals surface area contributed by atoms with E-state index in [9.17, 15) is 8.78 Å². The van der Waals surface area contributed by atoms with Crippen molar-refractivity contribution in [3.63, 3.8) is 0 Å². The van der Waals surface area contributed by atoms with Crippen LogP contribution in [0.4, 0.5) is 8.78 Å². The molecule has 0 amide bonds. The third-order valence-corrected chi connectivity index (χ3v) is 2.45. The molecule has 0 bridgehead atoms. The normalized spacial score (nSPS) is 21.3. The van der Waals surface area contributed by atoms with E-state index in [4.69, 9.17) is 4.74 Å². The zero-order valence-electron chi connectivity index (χ0n) is 8.30. The quantitative estimate of drug-likeness (QED) is 0.812. The first kappa shape index (κ1) is 10.4. The number of rotatable bonds is 2. The van der Waals surface area contributed by atoms with E-state index in [2.05, 4.69) is 5.32 Å². The summed E-state index contributed by atoms with van der Waals surface area (Å²) in [5.74, 6) is -1.32. The number of benzene rings is 1. The average Bonchev–Trinajstić information content (AvgIpc) is 2.25. The Morgan fingerprint density at radius 1 is 1.27 bits per heavy atom. The largest absolute Gasteiger partial charge is 0.489 e. The molecule has 1 aromatic carbocycles. The Hall–Kier alpha value is -1.16. The molecule has 1 aliphatic rings. The molecule has 1 aromatic rings. The number of halogens is 2. The predicted octanol–water partition coefficient (Wildman–Crippen LogP) is 2.10. The first-order valence-corrected chi connectivity index (χ1v) is 5.08. The lowest BCUT2D eigenvalue weighted by molar-refractivity contribution is 0.166. The molecule has 0 unspecified atom stereocenters. The van der Waals surface area contributed by atoms with E-state index in [0.717, 1.165) is 38.1 Å². The molecule has 1 aliphatic heterocycles. The van der Waals surface area contributed by atoms with Gasteiger partial charge in [0.05, 0.1) is 0 Å². The van der Waals surface area contributed by atoms with Crippen LogP contribution >= 0.6 is 0 Å². The summed E-state index contributed by atoms with van der Waals surface area (Å²) in [5, 5.41) is 3.19. The monoisotopic (exact) mass is 213 g/mol. The first-order valence-electron chi connectivity index (χ1n) is 5.08. The van der Waals surface area contributed by atoms with Gasteiger partial charge < -0.3 is 10.1 Å². The fraction of sp³-hybridized carbons (Fsp3) is 0.455. The van der Waals surface area contributed by atoms with Crippen molar-refractivity contribution in [2.24, 2.45) is 0 Å². The highest BCUT2D eigenvalue weighted by Crippen LogP contribution is 2.18. The Morgan fingerprint density at radius 2 is 2.13 bits per heavy atom. The Morgan fingerprint density at radius 3 is 2.80 bits per heavy atom. The Kier molecular flexibility index (Phi) is 3.16. The van der Waals surface area contributed by atoms with Crippen molar-refractivity contribution in [1.29, 1.82) is 0 Å². The van der Waals surface area contributed by atoms with Crippen LogP contribution in [0.3, 0.4) is 0 Å². The maximum absolute atomic E-state index is 12.9. The molecule has 2 rings (SSSR count). The minimum Gasteiger partial charge on any atom is -0.489 e. The van der Waals surface area contributed by atoms with Crippen LogP contribution in [0.5, 0.6) is 5.75 Å². The van der Waals surface area contributed by atoms with E-state index in [1.807, 2.05) is 0 Å². The van der Waals surface area contributed by atoms with Gasteiger partial charge in [-0.1, -0.05) is 0 Å².